The molecule has 29 heavy (non-hydrogen) atoms. The second kappa shape index (κ2) is 8.63. The molecule has 4 heterocycles. The number of aromatic nitrogens is 1. The number of hydrogen-bond acceptors (Lipinski definition) is 4. The van der Waals surface area contributed by atoms with Gasteiger partial charge in [0.25, 0.3) is 0 Å². The highest BCUT2D eigenvalue weighted by Gasteiger charge is 2.59. The lowest BCUT2D eigenvalue weighted by Crippen LogP contribution is -2.56. The van der Waals surface area contributed by atoms with Crippen LogP contribution in [-0.2, 0) is 4.79 Å². The first-order chi connectivity index (χ1) is 14.0. The first kappa shape index (κ1) is 20.6. The minimum absolute atomic E-state index is 0.143. The Kier molecular flexibility index (Phi) is 6.14. The number of nitrogens with zero attached hydrogens (tertiary/aromatic N) is 4. The van der Waals surface area contributed by atoms with Crippen molar-refractivity contribution in [2.45, 2.75) is 71.4 Å². The number of anilines is 1. The molecule has 4 rings (SSSR count). The van der Waals surface area contributed by atoms with Gasteiger partial charge in [0.05, 0.1) is 5.41 Å². The van der Waals surface area contributed by atoms with Crippen molar-refractivity contribution in [3.05, 3.63) is 24.4 Å². The van der Waals surface area contributed by atoms with Gasteiger partial charge in [-0.15, -0.1) is 0 Å². The van der Waals surface area contributed by atoms with Gasteiger partial charge in [0.2, 0.25) is 5.91 Å². The summed E-state index contributed by atoms with van der Waals surface area (Å²) in [5.74, 6) is 2.13. The van der Waals surface area contributed by atoms with Crippen molar-refractivity contribution < 1.29 is 4.79 Å². The maximum absolute atomic E-state index is 14.0. The first-order valence-corrected chi connectivity index (χ1v) is 11.8. The van der Waals surface area contributed by atoms with Crippen molar-refractivity contribution in [3.63, 3.8) is 0 Å². The van der Waals surface area contributed by atoms with E-state index in [0.29, 0.717) is 23.9 Å². The first-order valence-electron chi connectivity index (χ1n) is 11.8. The second-order valence-corrected chi connectivity index (χ2v) is 9.74. The molecule has 160 valence electrons. The van der Waals surface area contributed by atoms with Crippen molar-refractivity contribution in [3.8, 4) is 0 Å². The summed E-state index contributed by atoms with van der Waals surface area (Å²) in [5.41, 5.74) is -0.143. The number of rotatable bonds is 7. The zero-order valence-electron chi connectivity index (χ0n) is 18.5. The van der Waals surface area contributed by atoms with Crippen molar-refractivity contribution in [1.82, 2.24) is 14.8 Å². The van der Waals surface area contributed by atoms with Crippen molar-refractivity contribution in [2.24, 2.45) is 11.3 Å². The highest BCUT2D eigenvalue weighted by Crippen LogP contribution is 2.53. The van der Waals surface area contributed by atoms with Gasteiger partial charge in [-0.2, -0.15) is 0 Å². The monoisotopic (exact) mass is 398 g/mol. The van der Waals surface area contributed by atoms with Crippen LogP contribution in [0.2, 0.25) is 0 Å². The van der Waals surface area contributed by atoms with E-state index in [4.69, 9.17) is 0 Å². The molecule has 0 unspecified atom stereocenters. The topological polar surface area (TPSA) is 39.7 Å². The van der Waals surface area contributed by atoms with E-state index in [2.05, 4.69) is 46.5 Å². The molecule has 3 saturated heterocycles. The molecule has 1 aromatic rings. The molecule has 1 amide bonds. The molecule has 5 nitrogen and oxygen atoms in total. The number of amides is 1. The van der Waals surface area contributed by atoms with E-state index in [0.717, 1.165) is 57.8 Å². The minimum Gasteiger partial charge on any atom is -0.353 e. The fourth-order valence-electron chi connectivity index (χ4n) is 6.05. The molecule has 1 aromatic heterocycles. The maximum atomic E-state index is 14.0. The predicted molar refractivity (Wildman–Crippen MR) is 118 cm³/mol. The summed E-state index contributed by atoms with van der Waals surface area (Å²) in [6.07, 6.45) is 8.84. The Balaban J connectivity index is 1.48. The molecule has 3 fully saturated rings. The highest BCUT2D eigenvalue weighted by atomic mass is 16.2. The number of carbonyl (C=O) groups excluding carboxylic acids is 1. The van der Waals surface area contributed by atoms with Crippen LogP contribution in [0.1, 0.15) is 59.3 Å². The van der Waals surface area contributed by atoms with Crippen molar-refractivity contribution in [2.75, 3.05) is 37.6 Å². The largest absolute Gasteiger partial charge is 0.353 e. The van der Waals surface area contributed by atoms with Crippen LogP contribution in [0.15, 0.2) is 24.4 Å². The zero-order valence-corrected chi connectivity index (χ0v) is 18.5. The third kappa shape index (κ3) is 3.90. The summed E-state index contributed by atoms with van der Waals surface area (Å²) < 4.78 is 0. The van der Waals surface area contributed by atoms with Crippen LogP contribution in [0.5, 0.6) is 0 Å². The van der Waals surface area contributed by atoms with Gasteiger partial charge in [-0.1, -0.05) is 26.8 Å². The molecule has 0 N–H and O–H groups in total. The third-order valence-electron chi connectivity index (χ3n) is 7.50. The Hall–Kier alpha value is -1.62. The van der Waals surface area contributed by atoms with E-state index in [1.54, 1.807) is 0 Å². The van der Waals surface area contributed by atoms with E-state index < -0.39 is 0 Å². The molecule has 0 aliphatic carbocycles. The number of pyridine rings is 1. The van der Waals surface area contributed by atoms with Gasteiger partial charge in [-0.3, -0.25) is 9.69 Å². The number of piperazine rings is 1. The molecule has 2 bridgehead atoms. The Morgan fingerprint density at radius 3 is 2.66 bits per heavy atom. The van der Waals surface area contributed by atoms with Crippen LogP contribution >= 0.6 is 0 Å². The summed E-state index contributed by atoms with van der Waals surface area (Å²) in [6.45, 7) is 11.4. The maximum Gasteiger partial charge on any atom is 0.230 e. The molecule has 3 aliphatic rings. The Morgan fingerprint density at radius 2 is 2.00 bits per heavy atom. The average Bonchev–Trinajstić information content (AvgIpc) is 3.28. The van der Waals surface area contributed by atoms with Gasteiger partial charge in [-0.05, 0) is 63.1 Å². The van der Waals surface area contributed by atoms with E-state index in [-0.39, 0.29) is 5.41 Å². The number of fused-ring (bicyclic) bond motifs is 2. The Labute approximate surface area is 176 Å². The van der Waals surface area contributed by atoms with Gasteiger partial charge >= 0.3 is 0 Å². The number of carbonyl (C=O) groups is 1. The highest BCUT2D eigenvalue weighted by molar-refractivity contribution is 5.84. The molecule has 3 aliphatic heterocycles. The van der Waals surface area contributed by atoms with E-state index in [1.165, 1.54) is 19.3 Å². The van der Waals surface area contributed by atoms with Crippen LogP contribution in [0, 0.1) is 11.3 Å². The predicted octanol–water partition coefficient (Wildman–Crippen LogP) is 3.80. The van der Waals surface area contributed by atoms with E-state index in [9.17, 15) is 4.79 Å². The fourth-order valence-corrected chi connectivity index (χ4v) is 6.05. The minimum atomic E-state index is -0.143. The zero-order chi connectivity index (χ0) is 20.4. The van der Waals surface area contributed by atoms with Gasteiger partial charge in [0.1, 0.15) is 5.82 Å². The summed E-state index contributed by atoms with van der Waals surface area (Å²) in [7, 11) is 0. The van der Waals surface area contributed by atoms with Crippen LogP contribution in [-0.4, -0.2) is 65.5 Å². The van der Waals surface area contributed by atoms with Crippen LogP contribution < -0.4 is 4.90 Å². The van der Waals surface area contributed by atoms with Gasteiger partial charge in [0.15, 0.2) is 0 Å². The van der Waals surface area contributed by atoms with E-state index >= 15 is 0 Å². The summed E-state index contributed by atoms with van der Waals surface area (Å²) in [5, 5.41) is 0. The smallest absolute Gasteiger partial charge is 0.230 e. The van der Waals surface area contributed by atoms with E-state index in [1.807, 2.05) is 18.3 Å². The van der Waals surface area contributed by atoms with Crippen molar-refractivity contribution in [1.29, 1.82) is 0 Å². The fraction of sp³-hybridized carbons (Fsp3) is 0.750. The molecular formula is C24H38N4O. The van der Waals surface area contributed by atoms with Gasteiger partial charge < -0.3 is 9.80 Å². The molecular weight excluding hydrogens is 360 g/mol. The van der Waals surface area contributed by atoms with Crippen molar-refractivity contribution >= 4 is 11.7 Å². The van der Waals surface area contributed by atoms with Crippen LogP contribution in [0.25, 0.3) is 0 Å². The molecule has 0 radical (unpaired) electrons. The Bertz CT molecular complexity index is 685. The molecule has 0 spiro atoms. The molecule has 3 atom stereocenters. The lowest BCUT2D eigenvalue weighted by molar-refractivity contribution is -0.145. The van der Waals surface area contributed by atoms with Crippen LogP contribution in [0.3, 0.4) is 0 Å². The standard InChI is InChI=1S/C24H38N4O/c1-4-13-28-20-8-9-21(28)24(18-20,11-10-19(2)3)23(29)27-16-14-26(15-17-27)22-7-5-6-12-25-22/h5-7,12,19-21H,4,8-11,13-18H2,1-3H3/t20-,21+,24+/m1/s1. The lowest BCUT2D eigenvalue weighted by Gasteiger charge is -2.43. The quantitative estimate of drug-likeness (QED) is 0.700. The lowest BCUT2D eigenvalue weighted by atomic mass is 9.69. The SMILES string of the molecule is CCCN1[C@@H]2CC[C@H]1[C@@](CCC(C)C)(C(=O)N1CCN(c3ccccn3)CC1)C2. The summed E-state index contributed by atoms with van der Waals surface area (Å²) in [6, 6.07) is 7.16. The normalized spacial score (nSPS) is 29.8. The summed E-state index contributed by atoms with van der Waals surface area (Å²) >= 11 is 0. The second-order valence-electron chi connectivity index (χ2n) is 9.74. The van der Waals surface area contributed by atoms with Gasteiger partial charge in [-0.25, -0.2) is 4.98 Å². The average molecular weight is 399 g/mol. The van der Waals surface area contributed by atoms with Crippen LogP contribution in [0.4, 0.5) is 5.82 Å². The molecule has 0 saturated carbocycles. The molecule has 0 aromatic carbocycles. The van der Waals surface area contributed by atoms with Gasteiger partial charge in [0, 0.05) is 44.5 Å². The Morgan fingerprint density at radius 1 is 1.21 bits per heavy atom. The molecule has 5 heteroatoms. The number of hydrogen-bond donors (Lipinski definition) is 0. The third-order valence-corrected chi connectivity index (χ3v) is 7.50. The summed E-state index contributed by atoms with van der Waals surface area (Å²) in [4.78, 5) is 25.7.